The van der Waals surface area contributed by atoms with Crippen LogP contribution in [0.5, 0.6) is 0 Å². The van der Waals surface area contributed by atoms with Crippen LogP contribution in [0.15, 0.2) is 30.5 Å². The monoisotopic (exact) mass is 400 g/mol. The van der Waals surface area contributed by atoms with Crippen molar-refractivity contribution in [2.24, 2.45) is 0 Å². The summed E-state index contributed by atoms with van der Waals surface area (Å²) in [5, 5.41) is 22.3. The van der Waals surface area contributed by atoms with E-state index in [1.54, 1.807) is 37.6 Å². The fourth-order valence-corrected chi connectivity index (χ4v) is 3.12. The maximum Gasteiger partial charge on any atom is 0.309 e. The predicted octanol–water partition coefficient (Wildman–Crippen LogP) is 3.30. The van der Waals surface area contributed by atoms with Gasteiger partial charge in [0.25, 0.3) is 0 Å². The molecule has 1 aromatic carbocycles. The zero-order valence-electron chi connectivity index (χ0n) is 16.5. The number of carbonyl (C=O) groups is 1. The summed E-state index contributed by atoms with van der Waals surface area (Å²) in [6.07, 6.45) is 1.14. The van der Waals surface area contributed by atoms with E-state index in [4.69, 9.17) is 0 Å². The van der Waals surface area contributed by atoms with Crippen molar-refractivity contribution in [2.45, 2.75) is 40.3 Å². The van der Waals surface area contributed by atoms with Gasteiger partial charge in [0, 0.05) is 0 Å². The third-order valence-corrected chi connectivity index (χ3v) is 4.84. The van der Waals surface area contributed by atoms with Crippen molar-refractivity contribution in [2.75, 3.05) is 5.32 Å². The van der Waals surface area contributed by atoms with Crippen LogP contribution in [0.2, 0.25) is 0 Å². The van der Waals surface area contributed by atoms with Gasteiger partial charge < -0.3 is 5.32 Å². The molecule has 0 aliphatic heterocycles. The molecule has 29 heavy (non-hydrogen) atoms. The van der Waals surface area contributed by atoms with E-state index in [1.807, 2.05) is 6.92 Å². The lowest BCUT2D eigenvalue weighted by molar-refractivity contribution is -0.385. The minimum Gasteiger partial charge on any atom is -0.321 e. The lowest BCUT2D eigenvalue weighted by Gasteiger charge is -2.14. The number of nitro groups is 1. The van der Waals surface area contributed by atoms with E-state index in [9.17, 15) is 19.3 Å². The number of carbonyl (C=O) groups excluding carboxylic acids is 1. The molecule has 2 aromatic heterocycles. The van der Waals surface area contributed by atoms with Gasteiger partial charge in [-0.05, 0) is 45.4 Å². The summed E-state index contributed by atoms with van der Waals surface area (Å²) in [4.78, 5) is 23.2. The van der Waals surface area contributed by atoms with Crippen LogP contribution in [-0.2, 0) is 11.3 Å². The molecule has 3 rings (SSSR count). The van der Waals surface area contributed by atoms with E-state index in [0.29, 0.717) is 23.6 Å². The highest BCUT2D eigenvalue weighted by Gasteiger charge is 2.25. The molecule has 2 heterocycles. The van der Waals surface area contributed by atoms with Crippen molar-refractivity contribution in [3.05, 3.63) is 69.0 Å². The maximum absolute atomic E-state index is 13.1. The molecule has 1 unspecified atom stereocenters. The highest BCUT2D eigenvalue weighted by atomic mass is 19.1. The number of rotatable bonds is 6. The molecule has 0 spiro atoms. The zero-order chi connectivity index (χ0) is 21.3. The molecule has 0 saturated carbocycles. The molecular formula is C19H21FN6O3. The minimum atomic E-state index is -0.747. The number of anilines is 1. The van der Waals surface area contributed by atoms with Crippen molar-refractivity contribution in [3.8, 4) is 0 Å². The molecule has 0 aliphatic carbocycles. The van der Waals surface area contributed by atoms with Crippen LogP contribution in [-0.4, -0.2) is 30.4 Å². The largest absolute Gasteiger partial charge is 0.321 e. The van der Waals surface area contributed by atoms with E-state index < -0.39 is 11.0 Å². The van der Waals surface area contributed by atoms with E-state index in [-0.39, 0.29) is 17.4 Å². The van der Waals surface area contributed by atoms with Gasteiger partial charge in [0.2, 0.25) is 5.91 Å². The molecule has 0 radical (unpaired) electrons. The average molecular weight is 400 g/mol. The molecule has 152 valence electrons. The summed E-state index contributed by atoms with van der Waals surface area (Å²) >= 11 is 0. The van der Waals surface area contributed by atoms with Crippen LogP contribution in [0.3, 0.4) is 0 Å². The first kappa shape index (κ1) is 20.2. The number of nitrogens with zero attached hydrogens (tertiary/aromatic N) is 5. The Morgan fingerprint density at radius 3 is 2.48 bits per heavy atom. The first-order valence-electron chi connectivity index (χ1n) is 8.96. The second-order valence-corrected chi connectivity index (χ2v) is 6.81. The quantitative estimate of drug-likeness (QED) is 0.504. The van der Waals surface area contributed by atoms with Gasteiger partial charge in [0.05, 0.1) is 28.5 Å². The molecule has 9 nitrogen and oxygen atoms in total. The molecule has 0 aliphatic rings. The Morgan fingerprint density at radius 1 is 1.24 bits per heavy atom. The first-order valence-corrected chi connectivity index (χ1v) is 8.96. The number of hydrogen-bond donors (Lipinski definition) is 1. The van der Waals surface area contributed by atoms with Crippen LogP contribution in [0, 0.1) is 36.7 Å². The van der Waals surface area contributed by atoms with Crippen LogP contribution >= 0.6 is 0 Å². The number of amides is 1. The van der Waals surface area contributed by atoms with Gasteiger partial charge in [-0.2, -0.15) is 10.2 Å². The molecule has 1 amide bonds. The Kier molecular flexibility index (Phi) is 5.44. The van der Waals surface area contributed by atoms with Crippen molar-refractivity contribution in [3.63, 3.8) is 0 Å². The zero-order valence-corrected chi connectivity index (χ0v) is 16.5. The van der Waals surface area contributed by atoms with Gasteiger partial charge in [-0.15, -0.1) is 0 Å². The first-order chi connectivity index (χ1) is 13.7. The highest BCUT2D eigenvalue weighted by molar-refractivity contribution is 5.94. The molecule has 1 atom stereocenters. The normalized spacial score (nSPS) is 12.0. The third kappa shape index (κ3) is 4.00. The van der Waals surface area contributed by atoms with Crippen molar-refractivity contribution < 1.29 is 14.1 Å². The highest BCUT2D eigenvalue weighted by Crippen LogP contribution is 2.24. The lowest BCUT2D eigenvalue weighted by atomic mass is 10.2. The average Bonchev–Trinajstić information content (AvgIpc) is 3.18. The Labute approximate surface area is 166 Å². The van der Waals surface area contributed by atoms with Gasteiger partial charge in [-0.3, -0.25) is 24.3 Å². The van der Waals surface area contributed by atoms with Crippen molar-refractivity contribution >= 4 is 17.3 Å². The summed E-state index contributed by atoms with van der Waals surface area (Å²) in [6.45, 7) is 7.20. The molecule has 1 N–H and O–H groups in total. The van der Waals surface area contributed by atoms with Gasteiger partial charge in [-0.1, -0.05) is 12.1 Å². The van der Waals surface area contributed by atoms with Crippen LogP contribution < -0.4 is 5.32 Å². The fourth-order valence-electron chi connectivity index (χ4n) is 3.12. The van der Waals surface area contributed by atoms with Crippen molar-refractivity contribution in [1.29, 1.82) is 0 Å². The fraction of sp³-hybridized carbons (Fsp3) is 0.316. The van der Waals surface area contributed by atoms with Crippen molar-refractivity contribution in [1.82, 2.24) is 19.6 Å². The Hall–Kier alpha value is -3.56. The maximum atomic E-state index is 13.1. The summed E-state index contributed by atoms with van der Waals surface area (Å²) in [5.41, 5.74) is 3.00. The van der Waals surface area contributed by atoms with Crippen LogP contribution in [0.25, 0.3) is 0 Å². The minimum absolute atomic E-state index is 0.135. The third-order valence-electron chi connectivity index (χ3n) is 4.84. The topological polar surface area (TPSA) is 108 Å². The summed E-state index contributed by atoms with van der Waals surface area (Å²) in [5.74, 6) is -0.670. The molecule has 3 aromatic rings. The number of halogens is 1. The molecular weight excluding hydrogens is 379 g/mol. The Balaban J connectivity index is 1.79. The van der Waals surface area contributed by atoms with E-state index in [1.165, 1.54) is 16.8 Å². The number of benzene rings is 1. The van der Waals surface area contributed by atoms with E-state index in [0.717, 1.165) is 17.5 Å². The Morgan fingerprint density at radius 2 is 1.90 bits per heavy atom. The summed E-state index contributed by atoms with van der Waals surface area (Å²) in [7, 11) is 0. The molecule has 0 saturated heterocycles. The number of aryl methyl sites for hydroxylation is 1. The standard InChI is InChI=1S/C19H21FN6O3/c1-11-18(13(3)24(23-11)10-15-5-7-16(20)8-6-15)22-19(27)14(4)25-12(2)17(9-21-25)26(28)29/h5-9,14H,10H2,1-4H3,(H,22,27). The van der Waals surface area contributed by atoms with Gasteiger partial charge in [0.15, 0.2) is 0 Å². The molecule has 0 fully saturated rings. The number of nitrogens with one attached hydrogen (secondary N) is 1. The molecule has 10 heteroatoms. The molecule has 0 bridgehead atoms. The SMILES string of the molecule is Cc1nn(Cc2ccc(F)cc2)c(C)c1NC(=O)C(C)n1ncc([N+](=O)[O-])c1C. The van der Waals surface area contributed by atoms with Crippen LogP contribution in [0.1, 0.15) is 35.6 Å². The van der Waals surface area contributed by atoms with Crippen LogP contribution in [0.4, 0.5) is 15.8 Å². The predicted molar refractivity (Wildman–Crippen MR) is 104 cm³/mol. The number of aromatic nitrogens is 4. The summed E-state index contributed by atoms with van der Waals surface area (Å²) < 4.78 is 16.1. The second-order valence-electron chi connectivity index (χ2n) is 6.81. The Bertz CT molecular complexity index is 1070. The van der Waals surface area contributed by atoms with Gasteiger partial charge in [-0.25, -0.2) is 4.39 Å². The van der Waals surface area contributed by atoms with E-state index >= 15 is 0 Å². The van der Waals surface area contributed by atoms with Gasteiger partial charge >= 0.3 is 5.69 Å². The lowest BCUT2D eigenvalue weighted by Crippen LogP contribution is -2.25. The van der Waals surface area contributed by atoms with E-state index in [2.05, 4.69) is 15.5 Å². The second kappa shape index (κ2) is 7.82. The smallest absolute Gasteiger partial charge is 0.309 e. The van der Waals surface area contributed by atoms with Gasteiger partial charge in [0.1, 0.15) is 23.7 Å². The summed E-state index contributed by atoms with van der Waals surface area (Å²) in [6, 6.07) is 5.38. The number of hydrogen-bond acceptors (Lipinski definition) is 5.